The van der Waals surface area contributed by atoms with E-state index in [4.69, 9.17) is 4.74 Å². The standard InChI is InChI=1S/C11H26N5P/c1-12-17-13(2)6-5-7-16(10-8-14(17)3)11-9-15(17)4/h5-11H2,1-4H3. The van der Waals surface area contributed by atoms with Crippen molar-refractivity contribution >= 4 is 7.51 Å². The molecule has 0 aromatic heterocycles. The maximum absolute atomic E-state index is 4.85. The Morgan fingerprint density at radius 2 is 1.29 bits per heavy atom. The molecule has 3 aliphatic heterocycles. The van der Waals surface area contributed by atoms with Crippen molar-refractivity contribution in [1.29, 1.82) is 0 Å². The Bertz CT molecular complexity index is 290. The lowest BCUT2D eigenvalue weighted by Gasteiger charge is -2.46. The summed E-state index contributed by atoms with van der Waals surface area (Å²) in [6.45, 7) is 7.01. The Morgan fingerprint density at radius 1 is 0.765 bits per heavy atom. The van der Waals surface area contributed by atoms with Gasteiger partial charge in [0, 0.05) is 39.8 Å². The van der Waals surface area contributed by atoms with Gasteiger partial charge in [0.15, 0.2) is 7.51 Å². The highest BCUT2D eigenvalue weighted by atomic mass is 31.2. The third-order valence-corrected chi connectivity index (χ3v) is 7.96. The molecule has 0 aromatic carbocycles. The molecule has 0 aromatic rings. The van der Waals surface area contributed by atoms with Gasteiger partial charge in [-0.15, -0.1) is 0 Å². The largest absolute Gasteiger partial charge is 0.301 e. The van der Waals surface area contributed by atoms with E-state index < -0.39 is 7.51 Å². The summed E-state index contributed by atoms with van der Waals surface area (Å²) in [7, 11) is 7.11. The lowest BCUT2D eigenvalue weighted by molar-refractivity contribution is 0.232. The summed E-state index contributed by atoms with van der Waals surface area (Å²) >= 11 is 0. The van der Waals surface area contributed by atoms with Crippen molar-refractivity contribution in [3.63, 3.8) is 0 Å². The van der Waals surface area contributed by atoms with Gasteiger partial charge in [0.25, 0.3) is 0 Å². The Hall–Kier alpha value is 0.0700. The molecule has 0 aliphatic carbocycles. The van der Waals surface area contributed by atoms with Gasteiger partial charge in [-0.25, -0.2) is 14.0 Å². The highest BCUT2D eigenvalue weighted by Gasteiger charge is 2.36. The van der Waals surface area contributed by atoms with E-state index in [0.29, 0.717) is 0 Å². The summed E-state index contributed by atoms with van der Waals surface area (Å²) < 4.78 is 12.3. The molecule has 0 atom stereocenters. The summed E-state index contributed by atoms with van der Waals surface area (Å²) in [6, 6.07) is 0. The van der Waals surface area contributed by atoms with E-state index in [1.165, 1.54) is 26.1 Å². The monoisotopic (exact) mass is 259 g/mol. The topological polar surface area (TPSA) is 25.3 Å². The van der Waals surface area contributed by atoms with Crippen LogP contribution in [0.15, 0.2) is 4.74 Å². The highest BCUT2D eigenvalue weighted by molar-refractivity contribution is 7.59. The van der Waals surface area contributed by atoms with Crippen LogP contribution in [0.25, 0.3) is 0 Å². The molecule has 3 fully saturated rings. The van der Waals surface area contributed by atoms with Crippen molar-refractivity contribution in [2.75, 3.05) is 67.5 Å². The van der Waals surface area contributed by atoms with Crippen molar-refractivity contribution in [2.45, 2.75) is 6.42 Å². The first kappa shape index (κ1) is 13.5. The smallest absolute Gasteiger partial charge is 0.166 e. The molecule has 17 heavy (non-hydrogen) atoms. The van der Waals surface area contributed by atoms with Gasteiger partial charge in [-0.1, -0.05) is 0 Å². The van der Waals surface area contributed by atoms with Crippen molar-refractivity contribution < 1.29 is 0 Å². The first-order valence-corrected chi connectivity index (χ1v) is 8.09. The Labute approximate surface area is 106 Å². The summed E-state index contributed by atoms with van der Waals surface area (Å²) in [5.74, 6) is 0. The van der Waals surface area contributed by atoms with Gasteiger partial charge in [-0.3, -0.25) is 4.74 Å². The average Bonchev–Trinajstić information content (AvgIpc) is 2.40. The quantitative estimate of drug-likeness (QED) is 0.608. The minimum atomic E-state index is -1.61. The van der Waals surface area contributed by atoms with Crippen molar-refractivity contribution in [2.24, 2.45) is 4.74 Å². The number of fused-ring (bicyclic) bond motifs is 7. The van der Waals surface area contributed by atoms with Crippen molar-refractivity contribution in [3.05, 3.63) is 0 Å². The predicted molar refractivity (Wildman–Crippen MR) is 74.2 cm³/mol. The van der Waals surface area contributed by atoms with Crippen LogP contribution < -0.4 is 0 Å². The van der Waals surface area contributed by atoms with Gasteiger partial charge in [0.1, 0.15) is 0 Å². The first-order valence-electron chi connectivity index (χ1n) is 6.49. The SMILES string of the molecule is CN=P12N(C)CCCN(CCN1C)CCN2C. The zero-order valence-corrected chi connectivity index (χ0v) is 12.5. The molecule has 0 radical (unpaired) electrons. The molecule has 0 N–H and O–H groups in total. The van der Waals surface area contributed by atoms with Crippen LogP contribution in [0.2, 0.25) is 0 Å². The Morgan fingerprint density at radius 3 is 1.82 bits per heavy atom. The fraction of sp³-hybridized carbons (Fsp3) is 1.00. The van der Waals surface area contributed by atoms with Crippen molar-refractivity contribution in [1.82, 2.24) is 18.9 Å². The van der Waals surface area contributed by atoms with Gasteiger partial charge in [0.2, 0.25) is 0 Å². The van der Waals surface area contributed by atoms with Gasteiger partial charge in [-0.2, -0.15) is 0 Å². The van der Waals surface area contributed by atoms with Crippen LogP contribution in [0, 0.1) is 0 Å². The zero-order valence-electron chi connectivity index (χ0n) is 11.6. The van der Waals surface area contributed by atoms with Crippen molar-refractivity contribution in [3.8, 4) is 0 Å². The van der Waals surface area contributed by atoms with Crippen LogP contribution in [0.1, 0.15) is 6.42 Å². The number of hydrogen-bond acceptors (Lipinski definition) is 2. The minimum Gasteiger partial charge on any atom is -0.301 e. The van der Waals surface area contributed by atoms with E-state index in [-0.39, 0.29) is 0 Å². The molecule has 3 heterocycles. The van der Waals surface area contributed by atoms with Gasteiger partial charge >= 0.3 is 0 Å². The van der Waals surface area contributed by atoms with Crippen LogP contribution in [0.5, 0.6) is 0 Å². The highest BCUT2D eigenvalue weighted by Crippen LogP contribution is 2.57. The predicted octanol–water partition coefficient (Wildman–Crippen LogP) is 1.08. The van der Waals surface area contributed by atoms with Crippen LogP contribution in [0.3, 0.4) is 0 Å². The van der Waals surface area contributed by atoms with Crippen LogP contribution in [-0.4, -0.2) is 86.4 Å². The molecular formula is C11H26N5P. The first-order chi connectivity index (χ1) is 8.11. The van der Waals surface area contributed by atoms with Crippen LogP contribution in [-0.2, 0) is 0 Å². The molecule has 0 saturated carbocycles. The molecule has 100 valence electrons. The molecular weight excluding hydrogens is 233 g/mol. The molecule has 3 aliphatic rings. The van der Waals surface area contributed by atoms with Crippen LogP contribution >= 0.6 is 7.51 Å². The number of hydrogen-bond donors (Lipinski definition) is 0. The fourth-order valence-corrected chi connectivity index (χ4v) is 6.68. The molecule has 6 heteroatoms. The maximum Gasteiger partial charge on any atom is 0.166 e. The van der Waals surface area contributed by atoms with E-state index >= 15 is 0 Å². The maximum atomic E-state index is 4.85. The molecule has 2 bridgehead atoms. The van der Waals surface area contributed by atoms with E-state index in [0.717, 1.165) is 19.6 Å². The molecule has 3 rings (SSSR count). The van der Waals surface area contributed by atoms with E-state index in [2.05, 4.69) is 40.1 Å². The Kier molecular flexibility index (Phi) is 4.26. The molecule has 0 amide bonds. The average molecular weight is 259 g/mol. The second-order valence-electron chi connectivity index (χ2n) is 5.08. The minimum absolute atomic E-state index is 1.12. The lowest BCUT2D eigenvalue weighted by Crippen LogP contribution is -2.44. The number of nitrogens with zero attached hydrogens (tertiary/aromatic N) is 5. The number of rotatable bonds is 0. The zero-order chi connectivity index (χ0) is 12.5. The molecule has 0 unspecified atom stereocenters. The summed E-state index contributed by atoms with van der Waals surface area (Å²) in [4.78, 5) is 2.59. The van der Waals surface area contributed by atoms with Gasteiger partial charge < -0.3 is 4.90 Å². The van der Waals surface area contributed by atoms with E-state index in [9.17, 15) is 0 Å². The Balaban J connectivity index is 2.42. The second-order valence-corrected chi connectivity index (χ2v) is 8.60. The lowest BCUT2D eigenvalue weighted by atomic mass is 10.3. The summed E-state index contributed by atoms with van der Waals surface area (Å²) in [5, 5.41) is 0. The molecule has 3 saturated heterocycles. The van der Waals surface area contributed by atoms with Gasteiger partial charge in [-0.05, 0) is 34.1 Å². The fourth-order valence-electron chi connectivity index (χ4n) is 3.07. The van der Waals surface area contributed by atoms with E-state index in [1.54, 1.807) is 0 Å². The second kappa shape index (κ2) is 5.37. The van der Waals surface area contributed by atoms with E-state index in [1.807, 2.05) is 7.05 Å². The summed E-state index contributed by atoms with van der Waals surface area (Å²) in [5.41, 5.74) is 0. The number of likely N-dealkylation sites (N-methyl/N-ethyl adjacent to an activating group) is 2. The van der Waals surface area contributed by atoms with Crippen LogP contribution in [0.4, 0.5) is 0 Å². The van der Waals surface area contributed by atoms with Gasteiger partial charge in [0.05, 0.1) is 0 Å². The molecule has 0 spiro atoms. The molecule has 5 nitrogen and oxygen atoms in total. The normalized spacial score (nSPS) is 38.2. The third kappa shape index (κ3) is 2.32. The summed E-state index contributed by atoms with van der Waals surface area (Å²) in [6.07, 6.45) is 1.26. The third-order valence-electron chi connectivity index (χ3n) is 4.08.